The first-order valence-corrected chi connectivity index (χ1v) is 8.32. The third-order valence-electron chi connectivity index (χ3n) is 4.37. The SMILES string of the molecule is CCC1CCCCC1OCC(O)CNCCc1ccco1. The average Bonchev–Trinajstić information content (AvgIpc) is 3.03. The molecule has 0 aliphatic heterocycles. The van der Waals surface area contributed by atoms with Crippen molar-refractivity contribution in [2.75, 3.05) is 19.7 Å². The summed E-state index contributed by atoms with van der Waals surface area (Å²) in [4.78, 5) is 0. The van der Waals surface area contributed by atoms with Gasteiger partial charge in [-0.1, -0.05) is 26.2 Å². The van der Waals surface area contributed by atoms with Gasteiger partial charge in [-0.3, -0.25) is 0 Å². The van der Waals surface area contributed by atoms with Crippen molar-refractivity contribution in [2.45, 2.75) is 57.7 Å². The first kappa shape index (κ1) is 16.5. The highest BCUT2D eigenvalue weighted by molar-refractivity contribution is 4.98. The van der Waals surface area contributed by atoms with E-state index in [0.29, 0.717) is 25.2 Å². The lowest BCUT2D eigenvalue weighted by atomic mass is 9.85. The van der Waals surface area contributed by atoms with Gasteiger partial charge in [0.1, 0.15) is 5.76 Å². The average molecular weight is 295 g/mol. The summed E-state index contributed by atoms with van der Waals surface area (Å²) in [7, 11) is 0. The Morgan fingerprint density at radius 1 is 1.43 bits per heavy atom. The highest BCUT2D eigenvalue weighted by Gasteiger charge is 2.24. The van der Waals surface area contributed by atoms with Gasteiger partial charge in [0.15, 0.2) is 0 Å². The van der Waals surface area contributed by atoms with Crippen LogP contribution in [0, 0.1) is 5.92 Å². The highest BCUT2D eigenvalue weighted by atomic mass is 16.5. The maximum absolute atomic E-state index is 9.99. The van der Waals surface area contributed by atoms with E-state index in [1.807, 2.05) is 12.1 Å². The summed E-state index contributed by atoms with van der Waals surface area (Å²) < 4.78 is 11.2. The molecule has 0 saturated heterocycles. The largest absolute Gasteiger partial charge is 0.469 e. The molecule has 1 aromatic rings. The number of hydrogen-bond donors (Lipinski definition) is 2. The van der Waals surface area contributed by atoms with Crippen LogP contribution in [-0.4, -0.2) is 37.0 Å². The maximum Gasteiger partial charge on any atom is 0.105 e. The van der Waals surface area contributed by atoms with Gasteiger partial charge >= 0.3 is 0 Å². The summed E-state index contributed by atoms with van der Waals surface area (Å²) in [6.45, 7) is 4.06. The van der Waals surface area contributed by atoms with Crippen LogP contribution in [0.3, 0.4) is 0 Å². The van der Waals surface area contributed by atoms with Crippen molar-refractivity contribution < 1.29 is 14.3 Å². The molecular formula is C17H29NO3. The topological polar surface area (TPSA) is 54.6 Å². The smallest absolute Gasteiger partial charge is 0.105 e. The Morgan fingerprint density at radius 2 is 2.29 bits per heavy atom. The van der Waals surface area contributed by atoms with Crippen LogP contribution in [-0.2, 0) is 11.2 Å². The van der Waals surface area contributed by atoms with E-state index < -0.39 is 6.10 Å². The Morgan fingerprint density at radius 3 is 3.05 bits per heavy atom. The van der Waals surface area contributed by atoms with Crippen LogP contribution < -0.4 is 5.32 Å². The van der Waals surface area contributed by atoms with Gasteiger partial charge in [-0.15, -0.1) is 0 Å². The minimum absolute atomic E-state index is 0.349. The van der Waals surface area contributed by atoms with E-state index in [4.69, 9.17) is 9.15 Å². The van der Waals surface area contributed by atoms with Gasteiger partial charge in [0.25, 0.3) is 0 Å². The number of ether oxygens (including phenoxy) is 1. The summed E-state index contributed by atoms with van der Waals surface area (Å²) in [5.74, 6) is 1.65. The van der Waals surface area contributed by atoms with E-state index in [1.165, 1.54) is 25.7 Å². The van der Waals surface area contributed by atoms with Crippen molar-refractivity contribution in [2.24, 2.45) is 5.92 Å². The first-order chi connectivity index (χ1) is 10.3. The Bertz CT molecular complexity index is 366. The zero-order valence-electron chi connectivity index (χ0n) is 13.1. The van der Waals surface area contributed by atoms with Gasteiger partial charge in [0.05, 0.1) is 25.1 Å². The van der Waals surface area contributed by atoms with Crippen molar-refractivity contribution >= 4 is 0 Å². The van der Waals surface area contributed by atoms with Gasteiger partial charge in [-0.25, -0.2) is 0 Å². The summed E-state index contributed by atoms with van der Waals surface area (Å²) in [5, 5.41) is 13.2. The van der Waals surface area contributed by atoms with E-state index in [9.17, 15) is 5.11 Å². The molecule has 4 heteroatoms. The van der Waals surface area contributed by atoms with Crippen LogP contribution in [0.4, 0.5) is 0 Å². The Hall–Kier alpha value is -0.840. The molecule has 1 aliphatic carbocycles. The molecule has 0 amide bonds. The highest BCUT2D eigenvalue weighted by Crippen LogP contribution is 2.29. The number of nitrogens with one attached hydrogen (secondary N) is 1. The molecule has 21 heavy (non-hydrogen) atoms. The first-order valence-electron chi connectivity index (χ1n) is 8.32. The molecule has 0 aromatic carbocycles. The molecule has 1 aliphatic rings. The summed E-state index contributed by atoms with van der Waals surface area (Å²) in [5.41, 5.74) is 0. The van der Waals surface area contributed by atoms with Crippen molar-refractivity contribution in [3.63, 3.8) is 0 Å². The Kier molecular flexibility index (Phi) is 7.27. The fraction of sp³-hybridized carbons (Fsp3) is 0.765. The van der Waals surface area contributed by atoms with E-state index in [1.54, 1.807) is 6.26 Å². The molecule has 4 nitrogen and oxygen atoms in total. The molecular weight excluding hydrogens is 266 g/mol. The van der Waals surface area contributed by atoms with Crippen LogP contribution in [0.15, 0.2) is 22.8 Å². The molecule has 1 saturated carbocycles. The second kappa shape index (κ2) is 9.23. The second-order valence-corrected chi connectivity index (χ2v) is 6.01. The minimum atomic E-state index is -0.430. The third-order valence-corrected chi connectivity index (χ3v) is 4.37. The summed E-state index contributed by atoms with van der Waals surface area (Å²) in [6, 6.07) is 3.86. The van der Waals surface area contributed by atoms with Gasteiger partial charge in [0.2, 0.25) is 0 Å². The predicted molar refractivity (Wildman–Crippen MR) is 83.3 cm³/mol. The number of aliphatic hydroxyl groups is 1. The number of aliphatic hydroxyl groups excluding tert-OH is 1. The number of hydrogen-bond acceptors (Lipinski definition) is 4. The predicted octanol–water partition coefficient (Wildman–Crippen LogP) is 2.76. The molecule has 1 aromatic heterocycles. The van der Waals surface area contributed by atoms with E-state index >= 15 is 0 Å². The second-order valence-electron chi connectivity index (χ2n) is 6.01. The quantitative estimate of drug-likeness (QED) is 0.688. The lowest BCUT2D eigenvalue weighted by molar-refractivity contribution is -0.0498. The van der Waals surface area contributed by atoms with E-state index in [-0.39, 0.29) is 0 Å². The molecule has 2 rings (SSSR count). The molecule has 1 heterocycles. The van der Waals surface area contributed by atoms with Gasteiger partial charge < -0.3 is 19.6 Å². The lowest BCUT2D eigenvalue weighted by Crippen LogP contribution is -2.35. The zero-order valence-corrected chi connectivity index (χ0v) is 13.1. The standard InChI is InChI=1S/C17H29NO3/c1-2-14-6-3-4-8-17(14)21-13-15(19)12-18-10-9-16-7-5-11-20-16/h5,7,11,14-15,17-19H,2-4,6,8-10,12-13H2,1H3. The third kappa shape index (κ3) is 5.81. The molecule has 2 N–H and O–H groups in total. The van der Waals surface area contributed by atoms with Gasteiger partial charge in [0, 0.05) is 19.5 Å². The summed E-state index contributed by atoms with van der Waals surface area (Å²) >= 11 is 0. The van der Waals surface area contributed by atoms with Crippen molar-refractivity contribution in [3.8, 4) is 0 Å². The van der Waals surface area contributed by atoms with E-state index in [0.717, 1.165) is 25.1 Å². The lowest BCUT2D eigenvalue weighted by Gasteiger charge is -2.31. The van der Waals surface area contributed by atoms with Crippen LogP contribution >= 0.6 is 0 Å². The van der Waals surface area contributed by atoms with Gasteiger partial charge in [-0.05, 0) is 30.9 Å². The van der Waals surface area contributed by atoms with Crippen LogP contribution in [0.5, 0.6) is 0 Å². The Balaban J connectivity index is 1.55. The minimum Gasteiger partial charge on any atom is -0.469 e. The summed E-state index contributed by atoms with van der Waals surface area (Å²) in [6.07, 6.45) is 8.65. The zero-order chi connectivity index (χ0) is 14.9. The number of rotatable bonds is 9. The molecule has 0 radical (unpaired) electrons. The van der Waals surface area contributed by atoms with Crippen LogP contribution in [0.25, 0.3) is 0 Å². The number of furan rings is 1. The fourth-order valence-electron chi connectivity index (χ4n) is 3.09. The molecule has 0 bridgehead atoms. The van der Waals surface area contributed by atoms with Crippen LogP contribution in [0.2, 0.25) is 0 Å². The molecule has 3 unspecified atom stereocenters. The van der Waals surface area contributed by atoms with E-state index in [2.05, 4.69) is 12.2 Å². The molecule has 0 spiro atoms. The fourth-order valence-corrected chi connectivity index (χ4v) is 3.09. The van der Waals surface area contributed by atoms with Crippen molar-refractivity contribution in [1.29, 1.82) is 0 Å². The van der Waals surface area contributed by atoms with Gasteiger partial charge in [-0.2, -0.15) is 0 Å². The Labute approximate surface area is 127 Å². The van der Waals surface area contributed by atoms with Crippen molar-refractivity contribution in [1.82, 2.24) is 5.32 Å². The maximum atomic E-state index is 9.99. The van der Waals surface area contributed by atoms with Crippen LogP contribution in [0.1, 0.15) is 44.8 Å². The monoisotopic (exact) mass is 295 g/mol. The molecule has 3 atom stereocenters. The van der Waals surface area contributed by atoms with Crippen molar-refractivity contribution in [3.05, 3.63) is 24.2 Å². The normalized spacial score (nSPS) is 24.1. The molecule has 120 valence electrons. The molecule has 1 fully saturated rings.